The molecule has 0 radical (unpaired) electrons. The second-order valence-electron chi connectivity index (χ2n) is 5.97. The highest BCUT2D eigenvalue weighted by Crippen LogP contribution is 2.28. The smallest absolute Gasteiger partial charge is 0.223 e. The van der Waals surface area contributed by atoms with Gasteiger partial charge in [0, 0.05) is 32.1 Å². The van der Waals surface area contributed by atoms with Crippen LogP contribution >= 0.6 is 24.0 Å². The number of carbonyl (C=O) groups excluding carboxylic acids is 1. The molecule has 2 N–H and O–H groups in total. The molecule has 1 aliphatic carbocycles. The first-order valence-electron chi connectivity index (χ1n) is 8.01. The molecule has 6 heteroatoms. The third kappa shape index (κ3) is 6.40. The number of hydrogen-bond acceptors (Lipinski definition) is 2. The van der Waals surface area contributed by atoms with E-state index in [1.54, 1.807) is 0 Å². The van der Waals surface area contributed by atoms with Crippen LogP contribution in [0, 0.1) is 11.8 Å². The zero-order valence-electron chi connectivity index (χ0n) is 13.2. The molecule has 122 valence electrons. The second-order valence-corrected chi connectivity index (χ2v) is 5.97. The fourth-order valence-corrected chi connectivity index (χ4v) is 2.48. The summed E-state index contributed by atoms with van der Waals surface area (Å²) in [6, 6.07) is 0. The quantitative estimate of drug-likeness (QED) is 0.316. The molecule has 0 unspecified atom stereocenters. The molecule has 21 heavy (non-hydrogen) atoms. The Morgan fingerprint density at radius 2 is 1.86 bits per heavy atom. The van der Waals surface area contributed by atoms with E-state index in [0.717, 1.165) is 44.4 Å². The number of aliphatic imine (C=N–C) groups is 1. The van der Waals surface area contributed by atoms with Crippen LogP contribution in [0.4, 0.5) is 0 Å². The van der Waals surface area contributed by atoms with Gasteiger partial charge in [0.2, 0.25) is 5.91 Å². The molecule has 0 spiro atoms. The molecular weight excluding hydrogens is 379 g/mol. The Bertz CT molecular complexity index is 350. The van der Waals surface area contributed by atoms with E-state index in [0.29, 0.717) is 13.1 Å². The first-order valence-corrected chi connectivity index (χ1v) is 8.01. The predicted octanol–water partition coefficient (Wildman–Crippen LogP) is 1.83. The standard InChI is InChI=1S/C15H28N4O.HI/c1-3-16-15(19-10-6-12(2)7-11-19)18-9-8-17-14(20)13-4-5-13;/h12-13H,3-11H2,1-2H3,(H,16,18)(H,17,20);1H. The fraction of sp³-hybridized carbons (Fsp3) is 0.867. The number of guanidine groups is 1. The summed E-state index contributed by atoms with van der Waals surface area (Å²) >= 11 is 0. The molecule has 2 fully saturated rings. The van der Waals surface area contributed by atoms with Gasteiger partial charge in [-0.3, -0.25) is 9.79 Å². The molecule has 0 bridgehead atoms. The minimum atomic E-state index is 0. The molecule has 0 aromatic carbocycles. The minimum Gasteiger partial charge on any atom is -0.357 e. The molecule has 1 aliphatic heterocycles. The van der Waals surface area contributed by atoms with Crippen molar-refractivity contribution >= 4 is 35.8 Å². The van der Waals surface area contributed by atoms with E-state index in [-0.39, 0.29) is 35.8 Å². The van der Waals surface area contributed by atoms with Gasteiger partial charge in [0.1, 0.15) is 0 Å². The molecule has 1 heterocycles. The average Bonchev–Trinajstić information content (AvgIpc) is 3.27. The molecule has 0 aromatic heterocycles. The Labute approximate surface area is 145 Å². The van der Waals surface area contributed by atoms with Crippen molar-refractivity contribution in [2.24, 2.45) is 16.8 Å². The summed E-state index contributed by atoms with van der Waals surface area (Å²) in [5, 5.41) is 6.31. The number of nitrogens with one attached hydrogen (secondary N) is 2. The molecule has 2 rings (SSSR count). The number of carbonyl (C=O) groups is 1. The van der Waals surface area contributed by atoms with E-state index in [2.05, 4.69) is 34.4 Å². The molecule has 0 atom stereocenters. The van der Waals surface area contributed by atoms with Crippen molar-refractivity contribution in [3.8, 4) is 0 Å². The van der Waals surface area contributed by atoms with Crippen molar-refractivity contribution < 1.29 is 4.79 Å². The first kappa shape index (κ1) is 18.5. The normalized spacial score (nSPS) is 19.9. The van der Waals surface area contributed by atoms with Gasteiger partial charge >= 0.3 is 0 Å². The zero-order chi connectivity index (χ0) is 14.4. The van der Waals surface area contributed by atoms with Gasteiger partial charge in [-0.05, 0) is 38.5 Å². The molecule has 5 nitrogen and oxygen atoms in total. The second kappa shape index (κ2) is 9.48. The third-order valence-electron chi connectivity index (χ3n) is 4.04. The molecule has 0 aromatic rings. The van der Waals surface area contributed by atoms with Crippen molar-refractivity contribution in [1.82, 2.24) is 15.5 Å². The largest absolute Gasteiger partial charge is 0.357 e. The number of hydrogen-bond donors (Lipinski definition) is 2. The molecule has 1 saturated carbocycles. The van der Waals surface area contributed by atoms with Gasteiger partial charge in [-0.25, -0.2) is 0 Å². The summed E-state index contributed by atoms with van der Waals surface area (Å²) < 4.78 is 0. The number of likely N-dealkylation sites (tertiary alicyclic amines) is 1. The molecule has 1 amide bonds. The Balaban J connectivity index is 0.00000220. The van der Waals surface area contributed by atoms with Gasteiger partial charge in [-0.2, -0.15) is 0 Å². The predicted molar refractivity (Wildman–Crippen MR) is 97.1 cm³/mol. The van der Waals surface area contributed by atoms with Gasteiger partial charge in [0.15, 0.2) is 5.96 Å². The fourth-order valence-electron chi connectivity index (χ4n) is 2.48. The topological polar surface area (TPSA) is 56.7 Å². The van der Waals surface area contributed by atoms with E-state index in [9.17, 15) is 4.79 Å². The number of rotatable bonds is 5. The van der Waals surface area contributed by atoms with Crippen molar-refractivity contribution in [2.45, 2.75) is 39.5 Å². The van der Waals surface area contributed by atoms with Crippen LogP contribution in [0.15, 0.2) is 4.99 Å². The lowest BCUT2D eigenvalue weighted by atomic mass is 10.00. The van der Waals surface area contributed by atoms with E-state index < -0.39 is 0 Å². The number of nitrogens with zero attached hydrogens (tertiary/aromatic N) is 2. The monoisotopic (exact) mass is 408 g/mol. The van der Waals surface area contributed by atoms with Gasteiger partial charge < -0.3 is 15.5 Å². The maximum atomic E-state index is 11.5. The van der Waals surface area contributed by atoms with Crippen LogP contribution in [0.5, 0.6) is 0 Å². The van der Waals surface area contributed by atoms with Gasteiger partial charge in [0.25, 0.3) is 0 Å². The maximum absolute atomic E-state index is 11.5. The van der Waals surface area contributed by atoms with Crippen LogP contribution in [0.1, 0.15) is 39.5 Å². The van der Waals surface area contributed by atoms with Crippen molar-refractivity contribution in [3.63, 3.8) is 0 Å². The summed E-state index contributed by atoms with van der Waals surface area (Å²) in [5.74, 6) is 2.32. The lowest BCUT2D eigenvalue weighted by molar-refractivity contribution is -0.122. The lowest BCUT2D eigenvalue weighted by Gasteiger charge is -2.33. The maximum Gasteiger partial charge on any atom is 0.223 e. The average molecular weight is 408 g/mol. The minimum absolute atomic E-state index is 0. The van der Waals surface area contributed by atoms with Gasteiger partial charge in [-0.15, -0.1) is 24.0 Å². The summed E-state index contributed by atoms with van der Waals surface area (Å²) in [4.78, 5) is 18.5. The number of halogens is 1. The summed E-state index contributed by atoms with van der Waals surface area (Å²) in [7, 11) is 0. The Morgan fingerprint density at radius 3 is 2.43 bits per heavy atom. The van der Waals surface area contributed by atoms with E-state index in [1.165, 1.54) is 12.8 Å². The SMILES string of the molecule is CCNC(=NCCNC(=O)C1CC1)N1CCC(C)CC1.I. The van der Waals surface area contributed by atoms with Crippen LogP contribution in [-0.2, 0) is 4.79 Å². The van der Waals surface area contributed by atoms with E-state index in [1.807, 2.05) is 0 Å². The van der Waals surface area contributed by atoms with Crippen molar-refractivity contribution in [3.05, 3.63) is 0 Å². The highest BCUT2D eigenvalue weighted by atomic mass is 127. The lowest BCUT2D eigenvalue weighted by Crippen LogP contribution is -2.45. The van der Waals surface area contributed by atoms with E-state index >= 15 is 0 Å². The molecule has 1 saturated heterocycles. The van der Waals surface area contributed by atoms with Crippen molar-refractivity contribution in [1.29, 1.82) is 0 Å². The Hall–Kier alpha value is -0.530. The van der Waals surface area contributed by atoms with Gasteiger partial charge in [0.05, 0.1) is 6.54 Å². The van der Waals surface area contributed by atoms with Crippen molar-refractivity contribution in [2.75, 3.05) is 32.7 Å². The highest BCUT2D eigenvalue weighted by molar-refractivity contribution is 14.0. The summed E-state index contributed by atoms with van der Waals surface area (Å²) in [5.41, 5.74) is 0. The van der Waals surface area contributed by atoms with Crippen LogP contribution in [0.2, 0.25) is 0 Å². The molecule has 2 aliphatic rings. The molecular formula is C15H29IN4O. The van der Waals surface area contributed by atoms with Gasteiger partial charge in [-0.1, -0.05) is 6.92 Å². The highest BCUT2D eigenvalue weighted by Gasteiger charge is 2.29. The first-order chi connectivity index (χ1) is 9.70. The number of amides is 1. The summed E-state index contributed by atoms with van der Waals surface area (Å²) in [6.07, 6.45) is 4.60. The van der Waals surface area contributed by atoms with E-state index in [4.69, 9.17) is 0 Å². The third-order valence-corrected chi connectivity index (χ3v) is 4.04. The van der Waals surface area contributed by atoms with Crippen LogP contribution in [-0.4, -0.2) is 49.5 Å². The van der Waals surface area contributed by atoms with Crippen LogP contribution < -0.4 is 10.6 Å². The van der Waals surface area contributed by atoms with Crippen LogP contribution in [0.3, 0.4) is 0 Å². The zero-order valence-corrected chi connectivity index (χ0v) is 15.6. The number of piperidine rings is 1. The Morgan fingerprint density at radius 1 is 1.19 bits per heavy atom. The Kier molecular flexibility index (Phi) is 8.36. The summed E-state index contributed by atoms with van der Waals surface area (Å²) in [6.45, 7) is 8.77. The van der Waals surface area contributed by atoms with Crippen LogP contribution in [0.25, 0.3) is 0 Å².